The molecule has 0 spiro atoms. The molecule has 0 fully saturated rings. The number of likely N-dealkylation sites (N-methyl/N-ethyl adjacent to an activating group) is 1. The number of aromatic nitrogens is 3. The highest BCUT2D eigenvalue weighted by atomic mass is 16.1. The zero-order valence-corrected chi connectivity index (χ0v) is 14.3. The summed E-state index contributed by atoms with van der Waals surface area (Å²) in [6, 6.07) is 5.98. The Balaban J connectivity index is 1.59. The van der Waals surface area contributed by atoms with Crippen molar-refractivity contribution < 1.29 is 4.79 Å². The Morgan fingerprint density at radius 2 is 2.08 bits per heavy atom. The van der Waals surface area contributed by atoms with E-state index < -0.39 is 0 Å². The van der Waals surface area contributed by atoms with Gasteiger partial charge in [-0.2, -0.15) is 5.10 Å². The molecule has 7 heteroatoms. The first-order chi connectivity index (χ1) is 11.6. The number of rotatable bonds is 6. The highest BCUT2D eigenvalue weighted by molar-refractivity contribution is 5.92. The van der Waals surface area contributed by atoms with Gasteiger partial charge in [0.2, 0.25) is 0 Å². The van der Waals surface area contributed by atoms with Gasteiger partial charge in [0.1, 0.15) is 5.69 Å². The predicted molar refractivity (Wildman–Crippen MR) is 91.5 cm³/mol. The van der Waals surface area contributed by atoms with Gasteiger partial charge in [0.15, 0.2) is 0 Å². The van der Waals surface area contributed by atoms with Crippen molar-refractivity contribution in [2.24, 2.45) is 0 Å². The van der Waals surface area contributed by atoms with Crippen LogP contribution in [0.1, 0.15) is 21.7 Å². The van der Waals surface area contributed by atoms with Crippen molar-refractivity contribution in [2.45, 2.75) is 19.6 Å². The molecule has 7 nitrogen and oxygen atoms in total. The monoisotopic (exact) mass is 328 g/mol. The minimum absolute atomic E-state index is 0.0977. The number of nitrogens with zero attached hydrogens (tertiary/aromatic N) is 5. The van der Waals surface area contributed by atoms with E-state index in [9.17, 15) is 4.79 Å². The summed E-state index contributed by atoms with van der Waals surface area (Å²) < 4.78 is 1.95. The Morgan fingerprint density at radius 1 is 1.29 bits per heavy atom. The third-order valence-corrected chi connectivity index (χ3v) is 4.11. The highest BCUT2D eigenvalue weighted by Gasteiger charge is 2.20. The van der Waals surface area contributed by atoms with Crippen LogP contribution in [-0.2, 0) is 19.6 Å². The second-order valence-electron chi connectivity index (χ2n) is 6.37. The lowest BCUT2D eigenvalue weighted by Crippen LogP contribution is -2.33. The van der Waals surface area contributed by atoms with Crippen LogP contribution in [0.2, 0.25) is 0 Å². The Hall–Kier alpha value is -2.25. The number of nitrogens with one attached hydrogen (secondary N) is 1. The fraction of sp³-hybridized carbons (Fsp3) is 0.471. The van der Waals surface area contributed by atoms with E-state index in [1.165, 1.54) is 5.56 Å². The van der Waals surface area contributed by atoms with Crippen LogP contribution in [0.25, 0.3) is 0 Å². The van der Waals surface area contributed by atoms with Crippen LogP contribution in [0, 0.1) is 0 Å². The molecule has 128 valence electrons. The fourth-order valence-corrected chi connectivity index (χ4v) is 2.80. The van der Waals surface area contributed by atoms with Gasteiger partial charge in [-0.25, -0.2) is 0 Å². The van der Waals surface area contributed by atoms with Crippen molar-refractivity contribution in [3.8, 4) is 0 Å². The first-order valence-corrected chi connectivity index (χ1v) is 8.23. The molecule has 3 rings (SSSR count). The Kier molecular flexibility index (Phi) is 5.22. The summed E-state index contributed by atoms with van der Waals surface area (Å²) in [5.41, 5.74) is 2.85. The van der Waals surface area contributed by atoms with Crippen LogP contribution < -0.4 is 5.32 Å². The first kappa shape index (κ1) is 16.6. The number of pyridine rings is 1. The minimum atomic E-state index is -0.0977. The average Bonchev–Trinajstić information content (AvgIpc) is 2.99. The average molecular weight is 328 g/mol. The predicted octanol–water partition coefficient (Wildman–Crippen LogP) is 0.585. The van der Waals surface area contributed by atoms with Gasteiger partial charge in [0, 0.05) is 45.1 Å². The number of carbonyl (C=O) groups is 1. The lowest BCUT2D eigenvalue weighted by Gasteiger charge is -2.27. The topological polar surface area (TPSA) is 66.3 Å². The second kappa shape index (κ2) is 7.55. The Morgan fingerprint density at radius 3 is 2.83 bits per heavy atom. The molecule has 1 aliphatic rings. The molecule has 0 bridgehead atoms. The molecule has 0 aromatic carbocycles. The van der Waals surface area contributed by atoms with Crippen LogP contribution in [0.15, 0.2) is 30.6 Å². The molecular weight excluding hydrogens is 304 g/mol. The van der Waals surface area contributed by atoms with E-state index >= 15 is 0 Å². The van der Waals surface area contributed by atoms with Gasteiger partial charge >= 0.3 is 0 Å². The summed E-state index contributed by atoms with van der Waals surface area (Å²) >= 11 is 0. The van der Waals surface area contributed by atoms with Crippen LogP contribution in [0.3, 0.4) is 0 Å². The molecule has 1 amide bonds. The summed E-state index contributed by atoms with van der Waals surface area (Å²) in [5, 5.41) is 7.36. The van der Waals surface area contributed by atoms with E-state index in [0.29, 0.717) is 12.2 Å². The molecule has 0 aliphatic carbocycles. The molecule has 0 unspecified atom stereocenters. The SMILES string of the molecule is CN(C)CCNC(=O)c1cc2n(n1)CCN(Cc1ccncc1)C2. The number of hydrogen-bond acceptors (Lipinski definition) is 5. The third-order valence-electron chi connectivity index (χ3n) is 4.11. The van der Waals surface area contributed by atoms with E-state index in [4.69, 9.17) is 0 Å². The Bertz CT molecular complexity index is 682. The second-order valence-corrected chi connectivity index (χ2v) is 6.37. The number of fused-ring (bicyclic) bond motifs is 1. The molecule has 3 heterocycles. The van der Waals surface area contributed by atoms with Crippen LogP contribution in [0.5, 0.6) is 0 Å². The summed E-state index contributed by atoms with van der Waals surface area (Å²) in [6.07, 6.45) is 3.64. The van der Waals surface area contributed by atoms with Crippen molar-refractivity contribution in [1.82, 2.24) is 29.9 Å². The van der Waals surface area contributed by atoms with Crippen molar-refractivity contribution >= 4 is 5.91 Å². The van der Waals surface area contributed by atoms with Crippen molar-refractivity contribution in [2.75, 3.05) is 33.7 Å². The number of hydrogen-bond donors (Lipinski definition) is 1. The Labute approximate surface area is 142 Å². The zero-order valence-electron chi connectivity index (χ0n) is 14.3. The standard InChI is InChI=1S/C17H24N6O/c1-21(2)8-7-19-17(24)16-11-15-13-22(9-10-23(15)20-16)12-14-3-5-18-6-4-14/h3-6,11H,7-10,12-13H2,1-2H3,(H,19,24). The molecule has 1 N–H and O–H groups in total. The quantitative estimate of drug-likeness (QED) is 0.840. The maximum absolute atomic E-state index is 12.2. The molecule has 0 radical (unpaired) electrons. The lowest BCUT2D eigenvalue weighted by atomic mass is 10.2. The van der Waals surface area contributed by atoms with Gasteiger partial charge in [0.05, 0.1) is 12.2 Å². The normalized spacial score (nSPS) is 14.6. The van der Waals surface area contributed by atoms with Crippen LogP contribution >= 0.6 is 0 Å². The van der Waals surface area contributed by atoms with E-state index in [2.05, 4.69) is 20.3 Å². The maximum Gasteiger partial charge on any atom is 0.271 e. The van der Waals surface area contributed by atoms with Crippen molar-refractivity contribution in [3.63, 3.8) is 0 Å². The van der Waals surface area contributed by atoms with Gasteiger partial charge in [0.25, 0.3) is 5.91 Å². The lowest BCUT2D eigenvalue weighted by molar-refractivity contribution is 0.0945. The van der Waals surface area contributed by atoms with Crippen LogP contribution in [-0.4, -0.2) is 64.2 Å². The van der Waals surface area contributed by atoms with Gasteiger partial charge in [-0.15, -0.1) is 0 Å². The van der Waals surface area contributed by atoms with E-state index in [-0.39, 0.29) is 5.91 Å². The van der Waals surface area contributed by atoms with Crippen molar-refractivity contribution in [1.29, 1.82) is 0 Å². The molecule has 2 aromatic rings. The first-order valence-electron chi connectivity index (χ1n) is 8.23. The molecule has 0 atom stereocenters. The largest absolute Gasteiger partial charge is 0.349 e. The third kappa shape index (κ3) is 4.18. The van der Waals surface area contributed by atoms with E-state index in [1.54, 1.807) is 0 Å². The smallest absolute Gasteiger partial charge is 0.271 e. The summed E-state index contributed by atoms with van der Waals surface area (Å²) in [6.45, 7) is 4.88. The van der Waals surface area contributed by atoms with Gasteiger partial charge in [-0.05, 0) is 37.9 Å². The molecule has 24 heavy (non-hydrogen) atoms. The molecule has 1 aliphatic heterocycles. The van der Waals surface area contributed by atoms with Crippen LogP contribution in [0.4, 0.5) is 0 Å². The molecule has 0 saturated carbocycles. The maximum atomic E-state index is 12.2. The number of amides is 1. The summed E-state index contributed by atoms with van der Waals surface area (Å²) in [4.78, 5) is 20.6. The highest BCUT2D eigenvalue weighted by Crippen LogP contribution is 2.16. The fourth-order valence-electron chi connectivity index (χ4n) is 2.80. The van der Waals surface area contributed by atoms with Gasteiger partial charge in [-0.3, -0.25) is 19.4 Å². The molecule has 2 aromatic heterocycles. The zero-order chi connectivity index (χ0) is 16.9. The summed E-state index contributed by atoms with van der Waals surface area (Å²) in [5.74, 6) is -0.0977. The molecular formula is C17H24N6O. The van der Waals surface area contributed by atoms with E-state index in [0.717, 1.165) is 38.4 Å². The molecule has 0 saturated heterocycles. The number of carbonyl (C=O) groups excluding carboxylic acids is 1. The van der Waals surface area contributed by atoms with Crippen molar-refractivity contribution in [3.05, 3.63) is 47.5 Å². The van der Waals surface area contributed by atoms with Gasteiger partial charge in [-0.1, -0.05) is 0 Å². The van der Waals surface area contributed by atoms with Gasteiger partial charge < -0.3 is 10.2 Å². The van der Waals surface area contributed by atoms with E-state index in [1.807, 2.05) is 54.3 Å². The summed E-state index contributed by atoms with van der Waals surface area (Å²) in [7, 11) is 3.97. The minimum Gasteiger partial charge on any atom is -0.349 e.